The van der Waals surface area contributed by atoms with E-state index in [1.807, 2.05) is 12.1 Å². The maximum absolute atomic E-state index is 10.8. The quantitative estimate of drug-likeness (QED) is 0.537. The SMILES string of the molecule is CC(C)(C)c1ccc(S)cc1C=O. The van der Waals surface area contributed by atoms with Crippen LogP contribution >= 0.6 is 12.6 Å². The zero-order valence-electron chi connectivity index (χ0n) is 8.16. The number of rotatable bonds is 1. The molecule has 1 nitrogen and oxygen atoms in total. The minimum Gasteiger partial charge on any atom is -0.298 e. The number of hydrogen-bond donors (Lipinski definition) is 1. The van der Waals surface area contributed by atoms with Gasteiger partial charge in [-0.2, -0.15) is 0 Å². The molecular formula is C11H14OS. The van der Waals surface area contributed by atoms with Gasteiger partial charge in [0.15, 0.2) is 0 Å². The largest absolute Gasteiger partial charge is 0.298 e. The van der Waals surface area contributed by atoms with Crippen LogP contribution in [-0.4, -0.2) is 6.29 Å². The smallest absolute Gasteiger partial charge is 0.150 e. The van der Waals surface area contributed by atoms with Crippen LogP contribution < -0.4 is 0 Å². The molecule has 0 radical (unpaired) electrons. The second-order valence-corrected chi connectivity index (χ2v) is 4.66. The summed E-state index contributed by atoms with van der Waals surface area (Å²) in [6.45, 7) is 6.27. The van der Waals surface area contributed by atoms with Crippen LogP contribution in [0.2, 0.25) is 0 Å². The van der Waals surface area contributed by atoms with Crippen LogP contribution in [0.5, 0.6) is 0 Å². The van der Waals surface area contributed by atoms with E-state index in [4.69, 9.17) is 0 Å². The average molecular weight is 194 g/mol. The molecule has 1 aromatic carbocycles. The fourth-order valence-electron chi connectivity index (χ4n) is 1.33. The monoisotopic (exact) mass is 194 g/mol. The molecule has 0 aromatic heterocycles. The molecule has 0 bridgehead atoms. The van der Waals surface area contributed by atoms with E-state index in [2.05, 4.69) is 33.4 Å². The predicted octanol–water partition coefficient (Wildman–Crippen LogP) is 3.09. The molecule has 0 aliphatic rings. The molecule has 0 aliphatic carbocycles. The average Bonchev–Trinajstić information content (AvgIpc) is 2.01. The van der Waals surface area contributed by atoms with Crippen molar-refractivity contribution >= 4 is 18.9 Å². The summed E-state index contributed by atoms with van der Waals surface area (Å²) in [7, 11) is 0. The summed E-state index contributed by atoms with van der Waals surface area (Å²) in [6.07, 6.45) is 0.889. The standard InChI is InChI=1S/C11H14OS/c1-11(2,3)10-5-4-9(13)6-8(10)7-12/h4-7,13H,1-3H3. The van der Waals surface area contributed by atoms with Crippen LogP contribution in [0.25, 0.3) is 0 Å². The Morgan fingerprint density at radius 3 is 2.38 bits per heavy atom. The molecule has 0 heterocycles. The molecule has 1 aromatic rings. The van der Waals surface area contributed by atoms with Crippen molar-refractivity contribution in [1.29, 1.82) is 0 Å². The molecular weight excluding hydrogens is 180 g/mol. The summed E-state index contributed by atoms with van der Waals surface area (Å²) in [6, 6.07) is 5.68. The van der Waals surface area contributed by atoms with Crippen molar-refractivity contribution in [3.05, 3.63) is 29.3 Å². The number of aldehydes is 1. The van der Waals surface area contributed by atoms with Gasteiger partial charge in [0, 0.05) is 10.5 Å². The van der Waals surface area contributed by atoms with Gasteiger partial charge in [-0.1, -0.05) is 26.8 Å². The van der Waals surface area contributed by atoms with Crippen molar-refractivity contribution in [3.63, 3.8) is 0 Å². The van der Waals surface area contributed by atoms with Gasteiger partial charge in [-0.15, -0.1) is 12.6 Å². The highest BCUT2D eigenvalue weighted by atomic mass is 32.1. The lowest BCUT2D eigenvalue weighted by Crippen LogP contribution is -2.13. The Hall–Kier alpha value is -0.760. The Morgan fingerprint density at radius 2 is 1.92 bits per heavy atom. The summed E-state index contributed by atoms with van der Waals surface area (Å²) in [5.41, 5.74) is 1.82. The van der Waals surface area contributed by atoms with Gasteiger partial charge < -0.3 is 0 Å². The van der Waals surface area contributed by atoms with Gasteiger partial charge >= 0.3 is 0 Å². The normalized spacial score (nSPS) is 11.4. The Bertz CT molecular complexity index is 323. The number of carbonyl (C=O) groups is 1. The van der Waals surface area contributed by atoms with Gasteiger partial charge in [-0.25, -0.2) is 0 Å². The number of thiol groups is 1. The first-order valence-electron chi connectivity index (χ1n) is 4.24. The molecule has 70 valence electrons. The van der Waals surface area contributed by atoms with Gasteiger partial charge in [0.1, 0.15) is 6.29 Å². The highest BCUT2D eigenvalue weighted by Gasteiger charge is 2.17. The lowest BCUT2D eigenvalue weighted by molar-refractivity contribution is 0.112. The summed E-state index contributed by atoms with van der Waals surface area (Å²) >= 11 is 4.19. The van der Waals surface area contributed by atoms with Crippen molar-refractivity contribution in [1.82, 2.24) is 0 Å². The van der Waals surface area contributed by atoms with E-state index < -0.39 is 0 Å². The minimum absolute atomic E-state index is 0.0116. The van der Waals surface area contributed by atoms with E-state index in [0.29, 0.717) is 0 Å². The molecule has 13 heavy (non-hydrogen) atoms. The van der Waals surface area contributed by atoms with Crippen molar-refractivity contribution in [2.24, 2.45) is 0 Å². The Balaban J connectivity index is 3.29. The Morgan fingerprint density at radius 1 is 1.31 bits per heavy atom. The molecule has 1 rings (SSSR count). The first kappa shape index (κ1) is 10.3. The van der Waals surface area contributed by atoms with E-state index in [9.17, 15) is 4.79 Å². The first-order valence-corrected chi connectivity index (χ1v) is 4.68. The van der Waals surface area contributed by atoms with Gasteiger partial charge in [-0.3, -0.25) is 4.79 Å². The summed E-state index contributed by atoms with van der Waals surface area (Å²) in [5, 5.41) is 0. The lowest BCUT2D eigenvalue weighted by atomic mass is 9.84. The first-order chi connectivity index (χ1) is 5.95. The summed E-state index contributed by atoms with van der Waals surface area (Å²) < 4.78 is 0. The predicted molar refractivity (Wildman–Crippen MR) is 57.8 cm³/mol. The lowest BCUT2D eigenvalue weighted by Gasteiger charge is -2.20. The number of hydrogen-bond acceptors (Lipinski definition) is 2. The van der Waals surface area contributed by atoms with Crippen molar-refractivity contribution in [2.75, 3.05) is 0 Å². The van der Waals surface area contributed by atoms with E-state index in [0.717, 1.165) is 22.3 Å². The molecule has 0 N–H and O–H groups in total. The van der Waals surface area contributed by atoms with Crippen molar-refractivity contribution < 1.29 is 4.79 Å². The molecule has 0 saturated heterocycles. The molecule has 2 heteroatoms. The zero-order valence-corrected chi connectivity index (χ0v) is 9.06. The zero-order chi connectivity index (χ0) is 10.1. The highest BCUT2D eigenvalue weighted by molar-refractivity contribution is 7.80. The number of benzene rings is 1. The fourth-order valence-corrected chi connectivity index (χ4v) is 1.54. The maximum atomic E-state index is 10.8. The van der Waals surface area contributed by atoms with Crippen LogP contribution in [0.4, 0.5) is 0 Å². The third-order valence-electron chi connectivity index (χ3n) is 1.97. The van der Waals surface area contributed by atoms with Crippen LogP contribution in [0.1, 0.15) is 36.7 Å². The van der Waals surface area contributed by atoms with Crippen LogP contribution in [0, 0.1) is 0 Å². The molecule has 0 atom stereocenters. The molecule has 0 saturated carbocycles. The molecule has 0 aliphatic heterocycles. The number of carbonyl (C=O) groups excluding carboxylic acids is 1. The minimum atomic E-state index is 0.0116. The summed E-state index contributed by atoms with van der Waals surface area (Å²) in [4.78, 5) is 11.6. The third-order valence-corrected chi connectivity index (χ3v) is 2.25. The summed E-state index contributed by atoms with van der Waals surface area (Å²) in [5.74, 6) is 0. The van der Waals surface area contributed by atoms with Crippen molar-refractivity contribution in [3.8, 4) is 0 Å². The van der Waals surface area contributed by atoms with Crippen molar-refractivity contribution in [2.45, 2.75) is 31.1 Å². The van der Waals surface area contributed by atoms with E-state index in [1.165, 1.54) is 0 Å². The van der Waals surface area contributed by atoms with Gasteiger partial charge in [0.25, 0.3) is 0 Å². The van der Waals surface area contributed by atoms with Crippen LogP contribution in [0.15, 0.2) is 23.1 Å². The second kappa shape index (κ2) is 3.54. The molecule has 0 spiro atoms. The van der Waals surface area contributed by atoms with Gasteiger partial charge in [-0.05, 0) is 23.1 Å². The van der Waals surface area contributed by atoms with Gasteiger partial charge in [0.05, 0.1) is 0 Å². The van der Waals surface area contributed by atoms with Crippen LogP contribution in [0.3, 0.4) is 0 Å². The van der Waals surface area contributed by atoms with Crippen LogP contribution in [-0.2, 0) is 5.41 Å². The fraction of sp³-hybridized carbons (Fsp3) is 0.364. The highest BCUT2D eigenvalue weighted by Crippen LogP contribution is 2.26. The maximum Gasteiger partial charge on any atom is 0.150 e. The van der Waals surface area contributed by atoms with Gasteiger partial charge in [0.2, 0.25) is 0 Å². The topological polar surface area (TPSA) is 17.1 Å². The second-order valence-electron chi connectivity index (χ2n) is 4.14. The van der Waals surface area contributed by atoms with E-state index in [-0.39, 0.29) is 5.41 Å². The molecule has 0 unspecified atom stereocenters. The third kappa shape index (κ3) is 2.34. The Labute approximate surface area is 84.6 Å². The van der Waals surface area contributed by atoms with E-state index >= 15 is 0 Å². The molecule has 0 amide bonds. The Kier molecular flexibility index (Phi) is 2.81. The van der Waals surface area contributed by atoms with E-state index in [1.54, 1.807) is 6.07 Å². The molecule has 0 fully saturated rings.